The van der Waals surface area contributed by atoms with Crippen molar-refractivity contribution in [3.63, 3.8) is 0 Å². The number of piperazine rings is 1. The smallest absolute Gasteiger partial charge is 0.256 e. The summed E-state index contributed by atoms with van der Waals surface area (Å²) >= 11 is 12.4. The first-order valence-electron chi connectivity index (χ1n) is 11.1. The molecule has 0 aliphatic carbocycles. The molecule has 178 valence electrons. The number of nitrogens with zero attached hydrogens (tertiary/aromatic N) is 3. The average molecular weight is 500 g/mol. The van der Waals surface area contributed by atoms with E-state index in [-0.39, 0.29) is 5.91 Å². The van der Waals surface area contributed by atoms with E-state index in [0.717, 1.165) is 18.8 Å². The maximum atomic E-state index is 12.7. The topological polar surface area (TPSA) is 79.4 Å². The Morgan fingerprint density at radius 1 is 1.06 bits per heavy atom. The molecular weight excluding hydrogens is 473 g/mol. The van der Waals surface area contributed by atoms with Crippen molar-refractivity contribution in [3.05, 3.63) is 76.2 Å². The second-order valence-corrected chi connectivity index (χ2v) is 9.35. The molecule has 34 heavy (non-hydrogen) atoms. The van der Waals surface area contributed by atoms with Crippen molar-refractivity contribution in [3.8, 4) is 5.75 Å². The Morgan fingerprint density at radius 2 is 1.71 bits per heavy atom. The number of rotatable bonds is 6. The predicted octanol–water partition coefficient (Wildman–Crippen LogP) is 5.36. The van der Waals surface area contributed by atoms with Crippen LogP contribution in [0.1, 0.15) is 42.8 Å². The lowest BCUT2D eigenvalue weighted by atomic mass is 10.1. The predicted molar refractivity (Wildman–Crippen MR) is 136 cm³/mol. The van der Waals surface area contributed by atoms with Crippen LogP contribution in [0.2, 0.25) is 10.0 Å². The summed E-state index contributed by atoms with van der Waals surface area (Å²) in [6, 6.07) is 11.9. The molecule has 2 aromatic heterocycles. The fourth-order valence-corrected chi connectivity index (χ4v) is 4.82. The first-order valence-corrected chi connectivity index (χ1v) is 11.9. The van der Waals surface area contributed by atoms with E-state index in [1.54, 1.807) is 18.3 Å². The van der Waals surface area contributed by atoms with Crippen molar-refractivity contribution in [2.75, 3.05) is 23.3 Å². The van der Waals surface area contributed by atoms with Crippen molar-refractivity contribution in [1.29, 1.82) is 0 Å². The Bertz CT molecular complexity index is 1110. The zero-order valence-electron chi connectivity index (χ0n) is 19.3. The maximum Gasteiger partial charge on any atom is 0.256 e. The Labute approximate surface area is 209 Å². The number of benzene rings is 1. The lowest BCUT2D eigenvalue weighted by molar-refractivity contribution is 0.102. The lowest BCUT2D eigenvalue weighted by Gasteiger charge is -2.37. The van der Waals surface area contributed by atoms with Crippen LogP contribution in [0.15, 0.2) is 55.0 Å². The van der Waals surface area contributed by atoms with Crippen LogP contribution in [0.3, 0.4) is 0 Å². The van der Waals surface area contributed by atoms with Gasteiger partial charge in [-0.3, -0.25) is 9.78 Å². The van der Waals surface area contributed by atoms with Crippen LogP contribution in [0.25, 0.3) is 0 Å². The van der Waals surface area contributed by atoms with Crippen LogP contribution in [0.4, 0.5) is 11.5 Å². The van der Waals surface area contributed by atoms with Crippen LogP contribution < -0.4 is 20.3 Å². The number of ether oxygens (including phenoxy) is 1. The molecule has 0 bridgehead atoms. The number of hydrogen-bond donors (Lipinski definition) is 2. The molecule has 1 fully saturated rings. The normalized spacial score (nSPS) is 18.9. The van der Waals surface area contributed by atoms with E-state index in [1.807, 2.05) is 31.2 Å². The molecule has 2 N–H and O–H groups in total. The van der Waals surface area contributed by atoms with Crippen LogP contribution >= 0.6 is 23.2 Å². The molecule has 1 aromatic carbocycles. The minimum absolute atomic E-state index is 0.224. The number of amides is 1. The van der Waals surface area contributed by atoms with Crippen LogP contribution in [0, 0.1) is 0 Å². The van der Waals surface area contributed by atoms with E-state index >= 15 is 0 Å². The molecule has 1 saturated heterocycles. The third kappa shape index (κ3) is 5.78. The summed E-state index contributed by atoms with van der Waals surface area (Å²) in [4.78, 5) is 23.3. The lowest BCUT2D eigenvalue weighted by Crippen LogP contribution is -2.54. The van der Waals surface area contributed by atoms with Gasteiger partial charge in [-0.1, -0.05) is 23.2 Å². The largest absolute Gasteiger partial charge is 0.484 e. The van der Waals surface area contributed by atoms with Gasteiger partial charge in [0.05, 0.1) is 16.2 Å². The van der Waals surface area contributed by atoms with Gasteiger partial charge in [0.1, 0.15) is 17.7 Å². The molecule has 3 aromatic rings. The molecule has 9 heteroatoms. The summed E-state index contributed by atoms with van der Waals surface area (Å²) in [7, 11) is 0. The van der Waals surface area contributed by atoms with E-state index in [1.165, 1.54) is 12.4 Å². The SMILES string of the molecule is CC(Oc1ccc(NC(=O)c2ccc(N3C[C@@H](C)N[C@@H](C)C3)cc2)nc1)c1c(Cl)cncc1Cl. The Hall–Kier alpha value is -2.87. The molecule has 0 saturated carbocycles. The fraction of sp³-hybridized carbons (Fsp3) is 0.320. The maximum absolute atomic E-state index is 12.7. The summed E-state index contributed by atoms with van der Waals surface area (Å²) in [6.07, 6.45) is 4.20. The minimum Gasteiger partial charge on any atom is -0.484 e. The molecule has 3 atom stereocenters. The molecule has 1 aliphatic rings. The van der Waals surface area contributed by atoms with Crippen LogP contribution in [-0.4, -0.2) is 41.0 Å². The van der Waals surface area contributed by atoms with E-state index in [0.29, 0.717) is 44.8 Å². The second-order valence-electron chi connectivity index (χ2n) is 8.53. The second kappa shape index (κ2) is 10.6. The highest BCUT2D eigenvalue weighted by Gasteiger charge is 2.21. The summed E-state index contributed by atoms with van der Waals surface area (Å²) in [5.41, 5.74) is 2.33. The van der Waals surface area contributed by atoms with Gasteiger partial charge in [-0.25, -0.2) is 4.98 Å². The number of nitrogens with one attached hydrogen (secondary N) is 2. The first-order chi connectivity index (χ1) is 16.3. The molecule has 0 radical (unpaired) electrons. The van der Waals surface area contributed by atoms with Crippen molar-refractivity contribution in [2.24, 2.45) is 0 Å². The molecule has 3 heterocycles. The quantitative estimate of drug-likeness (QED) is 0.474. The van der Waals surface area contributed by atoms with E-state index in [2.05, 4.69) is 39.3 Å². The van der Waals surface area contributed by atoms with E-state index in [4.69, 9.17) is 27.9 Å². The van der Waals surface area contributed by atoms with Crippen molar-refractivity contribution in [2.45, 2.75) is 39.0 Å². The van der Waals surface area contributed by atoms with Gasteiger partial charge in [-0.2, -0.15) is 0 Å². The van der Waals surface area contributed by atoms with Gasteiger partial charge >= 0.3 is 0 Å². The Balaban J connectivity index is 1.36. The molecule has 4 rings (SSSR count). The summed E-state index contributed by atoms with van der Waals surface area (Å²) in [6.45, 7) is 8.07. The summed E-state index contributed by atoms with van der Waals surface area (Å²) < 4.78 is 5.91. The number of carbonyl (C=O) groups excluding carboxylic acids is 1. The number of carbonyl (C=O) groups is 1. The number of anilines is 2. The monoisotopic (exact) mass is 499 g/mol. The number of hydrogen-bond acceptors (Lipinski definition) is 6. The minimum atomic E-state index is -0.398. The van der Waals surface area contributed by atoms with Crippen LogP contribution in [0.5, 0.6) is 5.75 Å². The molecular formula is C25H27Cl2N5O2. The number of pyridine rings is 2. The van der Waals surface area contributed by atoms with Crippen molar-refractivity contribution < 1.29 is 9.53 Å². The van der Waals surface area contributed by atoms with Gasteiger partial charge in [0.2, 0.25) is 0 Å². The van der Waals surface area contributed by atoms with Crippen molar-refractivity contribution in [1.82, 2.24) is 15.3 Å². The Morgan fingerprint density at radius 3 is 2.29 bits per heavy atom. The van der Waals surface area contributed by atoms with Gasteiger partial charge < -0.3 is 20.3 Å². The molecule has 0 spiro atoms. The first kappa shape index (κ1) is 24.3. The van der Waals surface area contributed by atoms with Crippen molar-refractivity contribution >= 4 is 40.6 Å². The van der Waals surface area contributed by atoms with Gasteiger partial charge in [-0.15, -0.1) is 0 Å². The molecule has 1 aliphatic heterocycles. The highest BCUT2D eigenvalue weighted by atomic mass is 35.5. The Kier molecular flexibility index (Phi) is 7.56. The van der Waals surface area contributed by atoms with Gasteiger partial charge in [0.25, 0.3) is 5.91 Å². The van der Waals surface area contributed by atoms with Gasteiger partial charge in [0, 0.05) is 54.4 Å². The highest BCUT2D eigenvalue weighted by Crippen LogP contribution is 2.32. The van der Waals surface area contributed by atoms with E-state index in [9.17, 15) is 4.79 Å². The van der Waals surface area contributed by atoms with Crippen LogP contribution in [-0.2, 0) is 0 Å². The third-order valence-corrected chi connectivity index (χ3v) is 6.24. The highest BCUT2D eigenvalue weighted by molar-refractivity contribution is 6.35. The van der Waals surface area contributed by atoms with Gasteiger partial charge in [-0.05, 0) is 57.2 Å². The average Bonchev–Trinajstić information content (AvgIpc) is 2.80. The molecule has 7 nitrogen and oxygen atoms in total. The van der Waals surface area contributed by atoms with Gasteiger partial charge in [0.15, 0.2) is 0 Å². The fourth-order valence-electron chi connectivity index (χ4n) is 4.15. The summed E-state index contributed by atoms with van der Waals surface area (Å²) in [5.74, 6) is 0.732. The zero-order valence-corrected chi connectivity index (χ0v) is 20.8. The number of aromatic nitrogens is 2. The van der Waals surface area contributed by atoms with E-state index < -0.39 is 6.10 Å². The standard InChI is InChI=1S/C25H27Cl2N5O2/c1-15-13-32(14-16(2)30-15)19-6-4-18(5-7-19)25(33)31-23-9-8-20(10-29-23)34-17(3)24-21(26)11-28-12-22(24)27/h4-12,15-17,30H,13-14H2,1-3H3,(H,29,31,33)/t15-,16+,17?. The third-order valence-electron chi connectivity index (χ3n) is 5.64. The molecule has 1 amide bonds. The molecule has 1 unspecified atom stereocenters. The zero-order chi connectivity index (χ0) is 24.2. The number of halogens is 2. The summed E-state index contributed by atoms with van der Waals surface area (Å²) in [5, 5.41) is 7.22.